The van der Waals surface area contributed by atoms with Gasteiger partial charge in [-0.25, -0.2) is 8.42 Å². The van der Waals surface area contributed by atoms with E-state index in [1.54, 1.807) is 0 Å². The molecule has 0 amide bonds. The van der Waals surface area contributed by atoms with Gasteiger partial charge >= 0.3 is 0 Å². The molecule has 0 radical (unpaired) electrons. The van der Waals surface area contributed by atoms with Crippen LogP contribution in [0.25, 0.3) is 0 Å². The fourth-order valence-electron chi connectivity index (χ4n) is 2.07. The first-order chi connectivity index (χ1) is 10.5. The molecule has 0 saturated heterocycles. The third-order valence-electron chi connectivity index (χ3n) is 3.51. The number of ether oxygens (including phenoxy) is 2. The first kappa shape index (κ1) is 18.9. The van der Waals surface area contributed by atoms with Gasteiger partial charge in [-0.05, 0) is 36.6 Å². The van der Waals surface area contributed by atoms with E-state index < -0.39 is 10.1 Å². The van der Waals surface area contributed by atoms with Crippen LogP contribution in [0.15, 0.2) is 29.2 Å². The topological polar surface area (TPSA) is 75.7 Å². The van der Waals surface area contributed by atoms with E-state index in [4.69, 9.17) is 9.47 Å². The van der Waals surface area contributed by atoms with Crippen molar-refractivity contribution in [2.45, 2.75) is 44.4 Å². The largest absolute Gasteiger partial charge is 0.744 e. The van der Waals surface area contributed by atoms with Crippen molar-refractivity contribution in [3.63, 3.8) is 0 Å². The Morgan fingerprint density at radius 1 is 1.14 bits per heavy atom. The van der Waals surface area contributed by atoms with Crippen LogP contribution in [0.2, 0.25) is 0 Å². The molecule has 0 bridgehead atoms. The van der Waals surface area contributed by atoms with Crippen molar-refractivity contribution in [2.24, 2.45) is 5.92 Å². The summed E-state index contributed by atoms with van der Waals surface area (Å²) >= 11 is 0. The molecule has 0 heterocycles. The lowest BCUT2D eigenvalue weighted by molar-refractivity contribution is 0.0699. The number of unbranched alkanes of at least 4 members (excludes halogenated alkanes) is 1. The quantitative estimate of drug-likeness (QED) is 0.460. The number of benzene rings is 1. The lowest BCUT2D eigenvalue weighted by Crippen LogP contribution is -2.13. The number of hydrogen-bond donors (Lipinski definition) is 0. The Balaban J connectivity index is 2.24. The highest BCUT2D eigenvalue weighted by Crippen LogP contribution is 2.16. The van der Waals surface area contributed by atoms with Gasteiger partial charge in [0, 0.05) is 6.61 Å². The van der Waals surface area contributed by atoms with Gasteiger partial charge in [0.2, 0.25) is 0 Å². The van der Waals surface area contributed by atoms with Crippen LogP contribution in [0.5, 0.6) is 5.75 Å². The Bertz CT molecular complexity index is 510. The Labute approximate surface area is 133 Å². The molecule has 0 aliphatic heterocycles. The smallest absolute Gasteiger partial charge is 0.124 e. The summed E-state index contributed by atoms with van der Waals surface area (Å²) in [5.74, 6) is 1.12. The molecular formula is C16H25O5S-. The average molecular weight is 329 g/mol. The molecular weight excluding hydrogens is 304 g/mol. The van der Waals surface area contributed by atoms with Gasteiger partial charge in [-0.2, -0.15) is 0 Å². The maximum atomic E-state index is 10.8. The minimum Gasteiger partial charge on any atom is -0.744 e. The summed E-state index contributed by atoms with van der Waals surface area (Å²) < 4.78 is 43.4. The van der Waals surface area contributed by atoms with Gasteiger partial charge in [-0.3, -0.25) is 0 Å². The molecule has 126 valence electrons. The molecule has 0 spiro atoms. The fourth-order valence-corrected chi connectivity index (χ4v) is 2.54. The van der Waals surface area contributed by atoms with Crippen LogP contribution >= 0.6 is 0 Å². The molecule has 0 fully saturated rings. The lowest BCUT2D eigenvalue weighted by Gasteiger charge is -2.15. The van der Waals surface area contributed by atoms with Crippen molar-refractivity contribution in [2.75, 3.05) is 19.8 Å². The zero-order valence-electron chi connectivity index (χ0n) is 13.3. The molecule has 1 atom stereocenters. The summed E-state index contributed by atoms with van der Waals surface area (Å²) in [5, 5.41) is 0. The van der Waals surface area contributed by atoms with E-state index in [-0.39, 0.29) is 4.90 Å². The zero-order chi connectivity index (χ0) is 16.4. The third kappa shape index (κ3) is 7.24. The van der Waals surface area contributed by atoms with E-state index >= 15 is 0 Å². The Morgan fingerprint density at radius 2 is 1.82 bits per heavy atom. The Kier molecular flexibility index (Phi) is 8.45. The molecule has 1 aromatic rings. The Morgan fingerprint density at radius 3 is 2.36 bits per heavy atom. The summed E-state index contributed by atoms with van der Waals surface area (Å²) in [5.41, 5.74) is 0. The first-order valence-corrected chi connectivity index (χ1v) is 9.14. The van der Waals surface area contributed by atoms with E-state index in [2.05, 4.69) is 13.8 Å². The van der Waals surface area contributed by atoms with E-state index in [1.165, 1.54) is 43.5 Å². The monoisotopic (exact) mass is 329 g/mol. The van der Waals surface area contributed by atoms with Gasteiger partial charge < -0.3 is 14.0 Å². The van der Waals surface area contributed by atoms with Crippen molar-refractivity contribution in [1.82, 2.24) is 0 Å². The van der Waals surface area contributed by atoms with Crippen LogP contribution in [0.1, 0.15) is 39.5 Å². The highest BCUT2D eigenvalue weighted by atomic mass is 32.2. The lowest BCUT2D eigenvalue weighted by atomic mass is 10.0. The van der Waals surface area contributed by atoms with Gasteiger partial charge in [0.1, 0.15) is 22.5 Å². The average Bonchev–Trinajstić information content (AvgIpc) is 2.49. The normalized spacial score (nSPS) is 13.0. The molecule has 6 heteroatoms. The van der Waals surface area contributed by atoms with Crippen LogP contribution in [-0.2, 0) is 14.9 Å². The molecule has 0 saturated carbocycles. The summed E-state index contributed by atoms with van der Waals surface area (Å²) in [6.07, 6.45) is 4.74. The van der Waals surface area contributed by atoms with Crippen molar-refractivity contribution in [1.29, 1.82) is 0 Å². The summed E-state index contributed by atoms with van der Waals surface area (Å²) in [6, 6.07) is 5.44. The predicted molar refractivity (Wildman–Crippen MR) is 84.0 cm³/mol. The summed E-state index contributed by atoms with van der Waals surface area (Å²) in [6.45, 7) is 5.99. The van der Waals surface area contributed by atoms with Crippen LogP contribution < -0.4 is 4.74 Å². The van der Waals surface area contributed by atoms with Crippen molar-refractivity contribution in [3.05, 3.63) is 24.3 Å². The molecule has 0 aromatic heterocycles. The molecule has 0 aliphatic carbocycles. The minimum atomic E-state index is -4.40. The summed E-state index contributed by atoms with van der Waals surface area (Å²) in [7, 11) is -4.40. The molecule has 1 aromatic carbocycles. The molecule has 5 nitrogen and oxygen atoms in total. The molecule has 0 N–H and O–H groups in total. The van der Waals surface area contributed by atoms with Gasteiger partial charge in [0.25, 0.3) is 0 Å². The van der Waals surface area contributed by atoms with Gasteiger partial charge in [0.05, 0.1) is 11.5 Å². The van der Waals surface area contributed by atoms with E-state index in [0.29, 0.717) is 24.9 Å². The van der Waals surface area contributed by atoms with Crippen LogP contribution in [0.3, 0.4) is 0 Å². The van der Waals surface area contributed by atoms with Gasteiger partial charge in [0.15, 0.2) is 0 Å². The van der Waals surface area contributed by atoms with Crippen molar-refractivity contribution in [3.8, 4) is 5.75 Å². The first-order valence-electron chi connectivity index (χ1n) is 7.73. The standard InChI is InChI=1S/C16H26O5S/c1-3-5-6-14(4-2)13-20-11-12-21-15-7-9-16(10-8-15)22(17,18)19/h7-10,14H,3-6,11-13H2,1-2H3,(H,17,18,19)/p-1. The second kappa shape index (κ2) is 9.82. The molecule has 1 rings (SSSR count). The highest BCUT2D eigenvalue weighted by molar-refractivity contribution is 7.85. The van der Waals surface area contributed by atoms with E-state index in [0.717, 1.165) is 13.0 Å². The maximum Gasteiger partial charge on any atom is 0.124 e. The zero-order valence-corrected chi connectivity index (χ0v) is 14.1. The predicted octanol–water partition coefficient (Wildman–Crippen LogP) is 3.20. The van der Waals surface area contributed by atoms with Gasteiger partial charge in [-0.1, -0.05) is 33.1 Å². The van der Waals surface area contributed by atoms with Gasteiger partial charge in [-0.15, -0.1) is 0 Å². The SMILES string of the molecule is CCCCC(CC)COCCOc1ccc(S(=O)(=O)[O-])cc1. The van der Waals surface area contributed by atoms with Crippen LogP contribution in [-0.4, -0.2) is 32.8 Å². The van der Waals surface area contributed by atoms with E-state index in [1.807, 2.05) is 0 Å². The molecule has 1 unspecified atom stereocenters. The Hall–Kier alpha value is -1.11. The molecule has 22 heavy (non-hydrogen) atoms. The number of rotatable bonds is 11. The van der Waals surface area contributed by atoms with Crippen molar-refractivity contribution < 1.29 is 22.4 Å². The van der Waals surface area contributed by atoms with Crippen molar-refractivity contribution >= 4 is 10.1 Å². The minimum absolute atomic E-state index is 0.252. The molecule has 0 aliphatic rings. The second-order valence-electron chi connectivity index (χ2n) is 5.27. The van der Waals surface area contributed by atoms with Crippen LogP contribution in [0, 0.1) is 5.92 Å². The van der Waals surface area contributed by atoms with E-state index in [9.17, 15) is 13.0 Å². The number of hydrogen-bond acceptors (Lipinski definition) is 5. The highest BCUT2D eigenvalue weighted by Gasteiger charge is 2.06. The summed E-state index contributed by atoms with van der Waals surface area (Å²) in [4.78, 5) is -0.252. The second-order valence-corrected chi connectivity index (χ2v) is 6.65. The van der Waals surface area contributed by atoms with Crippen LogP contribution in [0.4, 0.5) is 0 Å². The third-order valence-corrected chi connectivity index (χ3v) is 4.36. The fraction of sp³-hybridized carbons (Fsp3) is 0.625. The maximum absolute atomic E-state index is 10.8.